The van der Waals surface area contributed by atoms with Gasteiger partial charge in [0.2, 0.25) is 10.0 Å². The molecule has 0 bridgehead atoms. The summed E-state index contributed by atoms with van der Waals surface area (Å²) >= 11 is 5.72. The summed E-state index contributed by atoms with van der Waals surface area (Å²) in [5.74, 6) is 0.165. The van der Waals surface area contributed by atoms with Gasteiger partial charge in [-0.2, -0.15) is 0 Å². The Morgan fingerprint density at radius 3 is 2.35 bits per heavy atom. The van der Waals surface area contributed by atoms with Crippen LogP contribution in [0.15, 0.2) is 53.4 Å². The van der Waals surface area contributed by atoms with Gasteiger partial charge in [0, 0.05) is 11.6 Å². The molecule has 2 aromatic carbocycles. The van der Waals surface area contributed by atoms with E-state index in [1.54, 1.807) is 24.3 Å². The van der Waals surface area contributed by atoms with E-state index < -0.39 is 10.0 Å². The quantitative estimate of drug-likeness (QED) is 0.892. The van der Waals surface area contributed by atoms with E-state index in [-0.39, 0.29) is 17.2 Å². The van der Waals surface area contributed by atoms with Gasteiger partial charge >= 0.3 is 0 Å². The first-order valence-electron chi connectivity index (χ1n) is 6.01. The summed E-state index contributed by atoms with van der Waals surface area (Å²) in [5.41, 5.74) is 0.700. The van der Waals surface area contributed by atoms with E-state index in [2.05, 4.69) is 4.72 Å². The highest BCUT2D eigenvalue weighted by Crippen LogP contribution is 2.16. The van der Waals surface area contributed by atoms with Gasteiger partial charge in [-0.05, 0) is 42.3 Å². The smallest absolute Gasteiger partial charge is 0.240 e. The van der Waals surface area contributed by atoms with Crippen molar-refractivity contribution < 1.29 is 13.5 Å². The maximum absolute atomic E-state index is 12.0. The zero-order valence-corrected chi connectivity index (χ0v) is 12.2. The third-order valence-corrected chi connectivity index (χ3v) is 4.53. The van der Waals surface area contributed by atoms with Gasteiger partial charge < -0.3 is 5.11 Å². The molecule has 0 spiro atoms. The standard InChI is InChI=1S/C14H14ClNO3S/c15-12-5-7-13(8-6-12)20(18,19)16-10-9-11-3-1-2-4-14(11)17/h1-8,16-17H,9-10H2. The van der Waals surface area contributed by atoms with E-state index >= 15 is 0 Å². The van der Waals surface area contributed by atoms with Crippen molar-refractivity contribution in [1.29, 1.82) is 0 Å². The fraction of sp³-hybridized carbons (Fsp3) is 0.143. The molecule has 0 atom stereocenters. The number of hydrogen-bond donors (Lipinski definition) is 2. The first-order chi connectivity index (χ1) is 9.49. The first-order valence-corrected chi connectivity index (χ1v) is 7.87. The molecule has 0 saturated heterocycles. The van der Waals surface area contributed by atoms with Crippen molar-refractivity contribution in [2.75, 3.05) is 6.54 Å². The molecule has 0 aromatic heterocycles. The van der Waals surface area contributed by atoms with Crippen molar-refractivity contribution in [2.45, 2.75) is 11.3 Å². The van der Waals surface area contributed by atoms with E-state index in [9.17, 15) is 13.5 Å². The molecular weight excluding hydrogens is 298 g/mol. The van der Waals surface area contributed by atoms with Crippen molar-refractivity contribution in [1.82, 2.24) is 4.72 Å². The SMILES string of the molecule is O=S(=O)(NCCc1ccccc1O)c1ccc(Cl)cc1. The highest BCUT2D eigenvalue weighted by atomic mass is 35.5. The summed E-state index contributed by atoms with van der Waals surface area (Å²) in [6.45, 7) is 0.211. The minimum absolute atomic E-state index is 0.165. The maximum Gasteiger partial charge on any atom is 0.240 e. The second-order valence-electron chi connectivity index (χ2n) is 4.23. The Morgan fingerprint density at radius 2 is 1.70 bits per heavy atom. The third-order valence-electron chi connectivity index (χ3n) is 2.80. The van der Waals surface area contributed by atoms with Crippen LogP contribution in [0.1, 0.15) is 5.56 Å². The molecule has 4 nitrogen and oxygen atoms in total. The van der Waals surface area contributed by atoms with Gasteiger partial charge in [-0.25, -0.2) is 13.1 Å². The summed E-state index contributed by atoms with van der Waals surface area (Å²) in [5, 5.41) is 10.1. The van der Waals surface area contributed by atoms with E-state index in [1.165, 1.54) is 24.3 Å². The third kappa shape index (κ3) is 3.72. The molecule has 0 amide bonds. The molecule has 20 heavy (non-hydrogen) atoms. The van der Waals surface area contributed by atoms with Crippen LogP contribution in [0.2, 0.25) is 5.02 Å². The highest BCUT2D eigenvalue weighted by molar-refractivity contribution is 7.89. The summed E-state index contributed by atoms with van der Waals surface area (Å²) in [6, 6.07) is 12.8. The number of para-hydroxylation sites is 1. The summed E-state index contributed by atoms with van der Waals surface area (Å²) in [6.07, 6.45) is 0.416. The van der Waals surface area contributed by atoms with Crippen LogP contribution in [0.5, 0.6) is 5.75 Å². The van der Waals surface area contributed by atoms with Crippen molar-refractivity contribution in [3.05, 3.63) is 59.1 Å². The van der Waals surface area contributed by atoms with Crippen LogP contribution >= 0.6 is 11.6 Å². The molecule has 0 aliphatic heterocycles. The van der Waals surface area contributed by atoms with Crippen LogP contribution in [0.4, 0.5) is 0 Å². The molecule has 2 rings (SSSR count). The minimum atomic E-state index is -3.55. The molecular formula is C14H14ClNO3S. The molecule has 0 radical (unpaired) electrons. The van der Waals surface area contributed by atoms with Gasteiger partial charge in [0.25, 0.3) is 0 Å². The van der Waals surface area contributed by atoms with Crippen LogP contribution in [0, 0.1) is 0 Å². The number of hydrogen-bond acceptors (Lipinski definition) is 3. The minimum Gasteiger partial charge on any atom is -0.508 e. The number of phenolic OH excluding ortho intramolecular Hbond substituents is 1. The second-order valence-corrected chi connectivity index (χ2v) is 6.43. The zero-order valence-electron chi connectivity index (χ0n) is 10.6. The number of rotatable bonds is 5. The number of nitrogens with one attached hydrogen (secondary N) is 1. The Hall–Kier alpha value is -1.56. The van der Waals surface area contributed by atoms with Crippen molar-refractivity contribution in [2.24, 2.45) is 0 Å². The van der Waals surface area contributed by atoms with E-state index in [1.807, 2.05) is 0 Å². The van der Waals surface area contributed by atoms with Gasteiger partial charge in [0.05, 0.1) is 4.90 Å². The molecule has 0 aliphatic carbocycles. The monoisotopic (exact) mass is 311 g/mol. The Morgan fingerprint density at radius 1 is 1.05 bits per heavy atom. The summed E-state index contributed by atoms with van der Waals surface area (Å²) in [4.78, 5) is 0.166. The topological polar surface area (TPSA) is 66.4 Å². The Bertz CT molecular complexity index is 684. The maximum atomic E-state index is 12.0. The molecule has 106 valence electrons. The molecule has 2 N–H and O–H groups in total. The van der Waals surface area contributed by atoms with Crippen LogP contribution in [0.25, 0.3) is 0 Å². The zero-order chi connectivity index (χ0) is 14.6. The largest absolute Gasteiger partial charge is 0.508 e. The summed E-state index contributed by atoms with van der Waals surface area (Å²) in [7, 11) is -3.55. The average molecular weight is 312 g/mol. The second kappa shape index (κ2) is 6.26. The molecule has 0 aliphatic rings. The Kier molecular flexibility index (Phi) is 4.65. The van der Waals surface area contributed by atoms with E-state index in [4.69, 9.17) is 11.6 Å². The van der Waals surface area contributed by atoms with Crippen LogP contribution < -0.4 is 4.72 Å². The Balaban J connectivity index is 2.00. The lowest BCUT2D eigenvalue weighted by atomic mass is 10.1. The lowest BCUT2D eigenvalue weighted by Crippen LogP contribution is -2.25. The van der Waals surface area contributed by atoms with Crippen LogP contribution in [0.3, 0.4) is 0 Å². The highest BCUT2D eigenvalue weighted by Gasteiger charge is 2.13. The average Bonchev–Trinajstić information content (AvgIpc) is 2.41. The van der Waals surface area contributed by atoms with Gasteiger partial charge in [-0.15, -0.1) is 0 Å². The van der Waals surface area contributed by atoms with Gasteiger partial charge in [-0.3, -0.25) is 0 Å². The van der Waals surface area contributed by atoms with Gasteiger partial charge in [0.1, 0.15) is 5.75 Å². The number of aromatic hydroxyl groups is 1. The first kappa shape index (κ1) is 14.8. The number of phenols is 1. The number of halogens is 1. The fourth-order valence-electron chi connectivity index (χ4n) is 1.74. The molecule has 0 fully saturated rings. The molecule has 2 aromatic rings. The molecule has 0 unspecified atom stereocenters. The van der Waals surface area contributed by atoms with Crippen molar-refractivity contribution >= 4 is 21.6 Å². The van der Waals surface area contributed by atoms with Crippen LogP contribution in [-0.2, 0) is 16.4 Å². The number of benzene rings is 2. The van der Waals surface area contributed by atoms with Gasteiger partial charge in [0.15, 0.2) is 0 Å². The fourth-order valence-corrected chi connectivity index (χ4v) is 2.90. The molecule has 0 heterocycles. The summed E-state index contributed by atoms with van der Waals surface area (Å²) < 4.78 is 26.5. The van der Waals surface area contributed by atoms with Crippen LogP contribution in [-0.4, -0.2) is 20.1 Å². The molecule has 6 heteroatoms. The lowest BCUT2D eigenvalue weighted by Gasteiger charge is -2.08. The van der Waals surface area contributed by atoms with E-state index in [0.717, 1.165) is 0 Å². The normalized spacial score (nSPS) is 11.4. The molecule has 0 saturated carbocycles. The Labute approximate surface area is 123 Å². The predicted molar refractivity (Wildman–Crippen MR) is 78.5 cm³/mol. The van der Waals surface area contributed by atoms with Crippen molar-refractivity contribution in [3.8, 4) is 5.75 Å². The lowest BCUT2D eigenvalue weighted by molar-refractivity contribution is 0.467. The predicted octanol–water partition coefficient (Wildman–Crippen LogP) is 2.57. The van der Waals surface area contributed by atoms with Gasteiger partial charge in [-0.1, -0.05) is 29.8 Å². The van der Waals surface area contributed by atoms with E-state index in [0.29, 0.717) is 17.0 Å². The number of sulfonamides is 1. The van der Waals surface area contributed by atoms with Crippen molar-refractivity contribution in [3.63, 3.8) is 0 Å².